The summed E-state index contributed by atoms with van der Waals surface area (Å²) in [6.07, 6.45) is 6.53. The fourth-order valence-corrected chi connectivity index (χ4v) is 2.60. The molecule has 5 heteroatoms. The molecule has 19 heavy (non-hydrogen) atoms. The highest BCUT2D eigenvalue weighted by molar-refractivity contribution is 5.89. The number of carbonyl (C=O) groups excluding carboxylic acids is 1. The summed E-state index contributed by atoms with van der Waals surface area (Å²) in [7, 11) is 1.53. The van der Waals surface area contributed by atoms with Crippen molar-refractivity contribution in [3.8, 4) is 0 Å². The van der Waals surface area contributed by atoms with E-state index in [-0.39, 0.29) is 5.91 Å². The normalized spacial score (nSPS) is 19.7. The number of carboxylic acid groups (broad SMARTS) is 1. The number of rotatable bonds is 7. The first-order chi connectivity index (χ1) is 9.05. The number of unbranched alkanes of at least 4 members (excludes halogenated alkanes) is 1. The Hall–Kier alpha value is -1.10. The molecule has 0 spiro atoms. The van der Waals surface area contributed by atoms with Crippen molar-refractivity contribution < 1.29 is 19.4 Å². The van der Waals surface area contributed by atoms with Crippen LogP contribution in [0.5, 0.6) is 0 Å². The number of hydrogen-bond acceptors (Lipinski definition) is 3. The van der Waals surface area contributed by atoms with E-state index in [1.807, 2.05) is 6.92 Å². The third-order valence-corrected chi connectivity index (χ3v) is 3.92. The van der Waals surface area contributed by atoms with E-state index in [0.717, 1.165) is 32.1 Å². The largest absolute Gasteiger partial charge is 0.480 e. The van der Waals surface area contributed by atoms with E-state index >= 15 is 0 Å². The second-order valence-electron chi connectivity index (χ2n) is 5.27. The number of carbonyl (C=O) groups is 2. The minimum absolute atomic E-state index is 0.266. The van der Waals surface area contributed by atoms with Gasteiger partial charge < -0.3 is 15.2 Å². The molecule has 1 aliphatic carbocycles. The molecule has 1 atom stereocenters. The molecule has 1 amide bonds. The smallest absolute Gasteiger partial charge is 0.326 e. The first-order valence-corrected chi connectivity index (χ1v) is 7.14. The van der Waals surface area contributed by atoms with Crippen molar-refractivity contribution in [1.29, 1.82) is 0 Å². The Morgan fingerprint density at radius 3 is 2.42 bits per heavy atom. The van der Waals surface area contributed by atoms with E-state index in [9.17, 15) is 9.59 Å². The van der Waals surface area contributed by atoms with Gasteiger partial charge in [0, 0.05) is 7.11 Å². The molecule has 0 bridgehead atoms. The van der Waals surface area contributed by atoms with Crippen LogP contribution in [-0.2, 0) is 14.3 Å². The summed E-state index contributed by atoms with van der Waals surface area (Å²) < 4.78 is 5.42. The second kappa shape index (κ2) is 7.48. The van der Waals surface area contributed by atoms with Crippen LogP contribution < -0.4 is 5.32 Å². The number of carboxylic acids is 1. The van der Waals surface area contributed by atoms with Crippen molar-refractivity contribution in [1.82, 2.24) is 5.32 Å². The Kier molecular flexibility index (Phi) is 6.28. The average Bonchev–Trinajstić information content (AvgIpc) is 2.43. The van der Waals surface area contributed by atoms with E-state index in [1.54, 1.807) is 0 Å². The minimum atomic E-state index is -0.969. The lowest BCUT2D eigenvalue weighted by molar-refractivity contribution is -0.152. The zero-order valence-corrected chi connectivity index (χ0v) is 11.9. The molecule has 0 radical (unpaired) electrons. The Balaban J connectivity index is 2.65. The fourth-order valence-electron chi connectivity index (χ4n) is 2.60. The highest BCUT2D eigenvalue weighted by atomic mass is 16.5. The fraction of sp³-hybridized carbons (Fsp3) is 0.857. The quantitative estimate of drug-likeness (QED) is 0.743. The van der Waals surface area contributed by atoms with E-state index < -0.39 is 17.6 Å². The van der Waals surface area contributed by atoms with Gasteiger partial charge in [0.15, 0.2) is 0 Å². The molecule has 0 aromatic rings. The topological polar surface area (TPSA) is 75.6 Å². The van der Waals surface area contributed by atoms with Gasteiger partial charge in [0.2, 0.25) is 0 Å². The van der Waals surface area contributed by atoms with Gasteiger partial charge in [-0.05, 0) is 19.3 Å². The van der Waals surface area contributed by atoms with E-state index in [1.165, 1.54) is 7.11 Å². The monoisotopic (exact) mass is 271 g/mol. The molecule has 0 aromatic carbocycles. The van der Waals surface area contributed by atoms with Gasteiger partial charge in [-0.2, -0.15) is 0 Å². The van der Waals surface area contributed by atoms with Crippen molar-refractivity contribution in [2.24, 2.45) is 0 Å². The zero-order chi connectivity index (χ0) is 14.3. The first kappa shape index (κ1) is 16.0. The van der Waals surface area contributed by atoms with Gasteiger partial charge in [0.05, 0.1) is 0 Å². The standard InChI is InChI=1S/C14H25NO4/c1-3-4-8-11(12(16)17)15-13(18)14(19-2)9-6-5-7-10-14/h11H,3-10H2,1-2H3,(H,15,18)(H,16,17). The van der Waals surface area contributed by atoms with E-state index in [2.05, 4.69) is 5.32 Å². The van der Waals surface area contributed by atoms with Crippen molar-refractivity contribution in [2.45, 2.75) is 69.9 Å². The molecule has 110 valence electrons. The molecule has 2 N–H and O–H groups in total. The molecule has 1 saturated carbocycles. The van der Waals surface area contributed by atoms with Gasteiger partial charge in [0.25, 0.3) is 5.91 Å². The molecule has 0 heterocycles. The summed E-state index contributed by atoms with van der Waals surface area (Å²) in [6, 6.07) is -0.804. The SMILES string of the molecule is CCCCC(NC(=O)C1(OC)CCCCC1)C(=O)O. The molecular formula is C14H25NO4. The lowest BCUT2D eigenvalue weighted by atomic mass is 9.83. The molecule has 0 saturated heterocycles. The number of amides is 1. The molecular weight excluding hydrogens is 246 g/mol. The number of nitrogens with one attached hydrogen (secondary N) is 1. The predicted octanol–water partition coefficient (Wildman–Crippen LogP) is 2.10. The molecule has 1 fully saturated rings. The van der Waals surface area contributed by atoms with E-state index in [4.69, 9.17) is 9.84 Å². The van der Waals surface area contributed by atoms with Crippen molar-refractivity contribution in [2.75, 3.05) is 7.11 Å². The first-order valence-electron chi connectivity index (χ1n) is 7.14. The molecule has 1 aliphatic rings. The molecule has 1 unspecified atom stereocenters. The number of methoxy groups -OCH3 is 1. The highest BCUT2D eigenvalue weighted by Gasteiger charge is 2.40. The molecule has 5 nitrogen and oxygen atoms in total. The van der Waals surface area contributed by atoms with Crippen LogP contribution in [-0.4, -0.2) is 35.7 Å². The summed E-state index contributed by atoms with van der Waals surface area (Å²) in [4.78, 5) is 23.5. The van der Waals surface area contributed by atoms with Crippen molar-refractivity contribution in [3.05, 3.63) is 0 Å². The number of hydrogen-bond donors (Lipinski definition) is 2. The van der Waals surface area contributed by atoms with Crippen LogP contribution in [0.2, 0.25) is 0 Å². The summed E-state index contributed by atoms with van der Waals surface area (Å²) in [6.45, 7) is 2.00. The van der Waals surface area contributed by atoms with Gasteiger partial charge in [-0.25, -0.2) is 4.79 Å². The maximum Gasteiger partial charge on any atom is 0.326 e. The maximum atomic E-state index is 12.3. The highest BCUT2D eigenvalue weighted by Crippen LogP contribution is 2.31. The summed E-state index contributed by atoms with van der Waals surface area (Å²) >= 11 is 0. The Morgan fingerprint density at radius 2 is 1.95 bits per heavy atom. The van der Waals surface area contributed by atoms with Crippen LogP contribution in [0.4, 0.5) is 0 Å². The van der Waals surface area contributed by atoms with Gasteiger partial charge in [-0.1, -0.05) is 39.0 Å². The maximum absolute atomic E-state index is 12.3. The lowest BCUT2D eigenvalue weighted by Gasteiger charge is -2.35. The molecule has 0 aliphatic heterocycles. The zero-order valence-electron chi connectivity index (χ0n) is 11.9. The third-order valence-electron chi connectivity index (χ3n) is 3.92. The van der Waals surface area contributed by atoms with Crippen LogP contribution in [0.15, 0.2) is 0 Å². The minimum Gasteiger partial charge on any atom is -0.480 e. The summed E-state index contributed by atoms with van der Waals surface area (Å²) in [5.74, 6) is -1.23. The van der Waals surface area contributed by atoms with Gasteiger partial charge >= 0.3 is 5.97 Å². The van der Waals surface area contributed by atoms with Crippen LogP contribution in [0.1, 0.15) is 58.3 Å². The van der Waals surface area contributed by atoms with Crippen LogP contribution in [0, 0.1) is 0 Å². The Bertz CT molecular complexity index is 311. The summed E-state index contributed by atoms with van der Waals surface area (Å²) in [5, 5.41) is 11.8. The van der Waals surface area contributed by atoms with Gasteiger partial charge in [-0.15, -0.1) is 0 Å². The van der Waals surface area contributed by atoms with Gasteiger partial charge in [-0.3, -0.25) is 4.79 Å². The third kappa shape index (κ3) is 4.20. The van der Waals surface area contributed by atoms with Gasteiger partial charge in [0.1, 0.15) is 11.6 Å². The van der Waals surface area contributed by atoms with Crippen molar-refractivity contribution in [3.63, 3.8) is 0 Å². The van der Waals surface area contributed by atoms with Crippen LogP contribution in [0.25, 0.3) is 0 Å². The summed E-state index contributed by atoms with van der Waals surface area (Å²) in [5.41, 5.74) is -0.821. The lowest BCUT2D eigenvalue weighted by Crippen LogP contribution is -2.54. The van der Waals surface area contributed by atoms with Crippen LogP contribution >= 0.6 is 0 Å². The average molecular weight is 271 g/mol. The predicted molar refractivity (Wildman–Crippen MR) is 71.9 cm³/mol. The second-order valence-corrected chi connectivity index (χ2v) is 5.27. The Morgan fingerprint density at radius 1 is 1.32 bits per heavy atom. The van der Waals surface area contributed by atoms with E-state index in [0.29, 0.717) is 19.3 Å². The number of ether oxygens (including phenoxy) is 1. The van der Waals surface area contributed by atoms with Crippen LogP contribution in [0.3, 0.4) is 0 Å². The number of aliphatic carboxylic acids is 1. The van der Waals surface area contributed by atoms with Crippen molar-refractivity contribution >= 4 is 11.9 Å². The molecule has 1 rings (SSSR count). The Labute approximate surface area is 114 Å². The molecule has 0 aromatic heterocycles.